The van der Waals surface area contributed by atoms with Crippen molar-refractivity contribution in [2.75, 3.05) is 13.7 Å². The lowest BCUT2D eigenvalue weighted by molar-refractivity contribution is 0.118. The third kappa shape index (κ3) is 3.30. The zero-order chi connectivity index (χ0) is 21.5. The minimum Gasteiger partial charge on any atom is -0.496 e. The topological polar surface area (TPSA) is 53.9 Å². The van der Waals surface area contributed by atoms with E-state index in [1.807, 2.05) is 18.2 Å². The number of hydrazone groups is 1. The van der Waals surface area contributed by atoms with Crippen LogP contribution in [-0.4, -0.2) is 36.4 Å². The average molecular weight is 412 g/mol. The summed E-state index contributed by atoms with van der Waals surface area (Å²) in [5, 5.41) is 9.85. The van der Waals surface area contributed by atoms with Crippen LogP contribution >= 0.6 is 0 Å². The van der Waals surface area contributed by atoms with Crippen LogP contribution in [0.2, 0.25) is 0 Å². The van der Waals surface area contributed by atoms with Gasteiger partial charge >= 0.3 is 6.03 Å². The number of rotatable bonds is 6. The quantitative estimate of drug-likeness (QED) is 0.666. The highest BCUT2D eigenvalue weighted by Gasteiger charge is 2.61. The minimum atomic E-state index is -0.0454. The lowest BCUT2D eigenvalue weighted by Gasteiger charge is -2.39. The molecule has 1 aliphatic heterocycles. The van der Waals surface area contributed by atoms with Crippen LogP contribution in [0.25, 0.3) is 0 Å². The van der Waals surface area contributed by atoms with Crippen molar-refractivity contribution in [3.8, 4) is 5.75 Å². The van der Waals surface area contributed by atoms with Crippen LogP contribution in [0.15, 0.2) is 29.4 Å². The second-order valence-corrected chi connectivity index (χ2v) is 10.2. The number of unbranched alkanes of at least 4 members (excludes halogenated alkanes) is 1. The molecule has 1 aromatic carbocycles. The molecule has 3 unspecified atom stereocenters. The molecule has 164 valence electrons. The first-order valence-electron chi connectivity index (χ1n) is 11.6. The predicted molar refractivity (Wildman–Crippen MR) is 121 cm³/mol. The molecule has 3 aliphatic rings. The monoisotopic (exact) mass is 411 g/mol. The van der Waals surface area contributed by atoms with Gasteiger partial charge < -0.3 is 10.1 Å². The van der Waals surface area contributed by atoms with Crippen molar-refractivity contribution in [2.45, 2.75) is 78.2 Å². The van der Waals surface area contributed by atoms with Gasteiger partial charge in [-0.2, -0.15) is 5.10 Å². The lowest BCUT2D eigenvalue weighted by Crippen LogP contribution is -2.50. The van der Waals surface area contributed by atoms with E-state index in [0.29, 0.717) is 12.5 Å². The molecule has 0 radical (unpaired) electrons. The van der Waals surface area contributed by atoms with Crippen LogP contribution in [0.4, 0.5) is 4.79 Å². The Morgan fingerprint density at radius 3 is 2.70 bits per heavy atom. The SMILES string of the molecule is CCCCC1=NN(C(=O)N[C@H]2CC3CCC2(C)C3(C)C)CC1c1ccccc1OC. The van der Waals surface area contributed by atoms with Crippen molar-refractivity contribution < 1.29 is 9.53 Å². The number of benzene rings is 1. The van der Waals surface area contributed by atoms with E-state index in [0.717, 1.165) is 42.7 Å². The normalized spacial score (nSPS) is 31.7. The average Bonchev–Trinajstić information content (AvgIpc) is 3.31. The number of ether oxygens (including phenoxy) is 1. The number of urea groups is 1. The van der Waals surface area contributed by atoms with E-state index in [9.17, 15) is 4.79 Å². The van der Waals surface area contributed by atoms with Crippen LogP contribution in [0, 0.1) is 16.7 Å². The van der Waals surface area contributed by atoms with Gasteiger partial charge in [0.1, 0.15) is 5.75 Å². The van der Waals surface area contributed by atoms with Crippen LogP contribution < -0.4 is 10.1 Å². The number of carbonyl (C=O) groups is 1. The molecule has 5 heteroatoms. The molecule has 2 saturated carbocycles. The highest BCUT2D eigenvalue weighted by Crippen LogP contribution is 2.65. The summed E-state index contributed by atoms with van der Waals surface area (Å²) in [6.07, 6.45) is 6.68. The maximum absolute atomic E-state index is 13.3. The maximum Gasteiger partial charge on any atom is 0.338 e. The Bertz CT molecular complexity index is 833. The van der Waals surface area contributed by atoms with Gasteiger partial charge in [-0.15, -0.1) is 0 Å². The first-order chi connectivity index (χ1) is 14.3. The summed E-state index contributed by atoms with van der Waals surface area (Å²) in [6.45, 7) is 9.90. The van der Waals surface area contributed by atoms with Crippen LogP contribution in [0.3, 0.4) is 0 Å². The van der Waals surface area contributed by atoms with Gasteiger partial charge in [-0.05, 0) is 54.9 Å². The summed E-state index contributed by atoms with van der Waals surface area (Å²) in [6, 6.07) is 8.31. The lowest BCUT2D eigenvalue weighted by atomic mass is 9.69. The molecule has 2 bridgehead atoms. The predicted octanol–water partition coefficient (Wildman–Crippen LogP) is 5.57. The first kappa shape index (κ1) is 21.2. The molecule has 0 spiro atoms. The standard InChI is InChI=1S/C25H37N3O2/c1-6-7-11-20-19(18-10-8-9-12-21(18)30-5)16-28(27-20)23(29)26-22-15-17-13-14-25(22,4)24(17,2)3/h8-10,12,17,19,22H,6-7,11,13-16H2,1-5H3,(H,26,29)/t17?,19?,22-,25?/m0/s1. The number of carbonyl (C=O) groups excluding carboxylic acids is 1. The molecule has 4 atom stereocenters. The third-order valence-electron chi connectivity index (χ3n) is 8.63. The van der Waals surface area contributed by atoms with Gasteiger partial charge in [0.25, 0.3) is 0 Å². The molecule has 1 aromatic rings. The molecule has 1 heterocycles. The molecular formula is C25H37N3O2. The van der Waals surface area contributed by atoms with Crippen molar-refractivity contribution >= 4 is 11.7 Å². The molecule has 4 rings (SSSR count). The fourth-order valence-electron chi connectivity index (χ4n) is 6.13. The van der Waals surface area contributed by atoms with E-state index >= 15 is 0 Å². The summed E-state index contributed by atoms with van der Waals surface area (Å²) in [4.78, 5) is 13.3. The van der Waals surface area contributed by atoms with Crippen molar-refractivity contribution in [1.82, 2.24) is 10.3 Å². The Hall–Kier alpha value is -2.04. The number of nitrogens with zero attached hydrogens (tertiary/aromatic N) is 2. The molecular weight excluding hydrogens is 374 g/mol. The van der Waals surface area contributed by atoms with E-state index < -0.39 is 0 Å². The Morgan fingerprint density at radius 1 is 1.30 bits per heavy atom. The van der Waals surface area contributed by atoms with Gasteiger partial charge in [0, 0.05) is 23.2 Å². The Kier molecular flexibility index (Phi) is 5.58. The second kappa shape index (κ2) is 7.90. The smallest absolute Gasteiger partial charge is 0.338 e. The summed E-state index contributed by atoms with van der Waals surface area (Å²) in [5.41, 5.74) is 2.67. The van der Waals surface area contributed by atoms with E-state index in [1.54, 1.807) is 12.1 Å². The van der Waals surface area contributed by atoms with Crippen LogP contribution in [0.5, 0.6) is 5.75 Å². The number of fused-ring (bicyclic) bond motifs is 2. The zero-order valence-corrected chi connectivity index (χ0v) is 19.2. The Balaban J connectivity index is 1.52. The number of hydrogen-bond donors (Lipinski definition) is 1. The highest BCUT2D eigenvalue weighted by molar-refractivity contribution is 5.95. The van der Waals surface area contributed by atoms with Crippen LogP contribution in [-0.2, 0) is 0 Å². The first-order valence-corrected chi connectivity index (χ1v) is 11.6. The fraction of sp³-hybridized carbons (Fsp3) is 0.680. The van der Waals surface area contributed by atoms with Gasteiger partial charge in [0.2, 0.25) is 0 Å². The largest absolute Gasteiger partial charge is 0.496 e. The van der Waals surface area contributed by atoms with Crippen molar-refractivity contribution in [1.29, 1.82) is 0 Å². The fourth-order valence-corrected chi connectivity index (χ4v) is 6.13. The summed E-state index contributed by atoms with van der Waals surface area (Å²) in [7, 11) is 1.71. The number of hydrogen-bond acceptors (Lipinski definition) is 3. The van der Waals surface area contributed by atoms with Gasteiger partial charge in [-0.25, -0.2) is 9.80 Å². The molecule has 0 aromatic heterocycles. The number of nitrogens with one attached hydrogen (secondary N) is 1. The molecule has 2 aliphatic carbocycles. The number of amides is 2. The van der Waals surface area contributed by atoms with Gasteiger partial charge in [0.15, 0.2) is 0 Å². The van der Waals surface area contributed by atoms with Crippen LogP contribution in [0.1, 0.15) is 77.7 Å². The molecule has 0 saturated heterocycles. The highest BCUT2D eigenvalue weighted by atomic mass is 16.5. The van der Waals surface area contributed by atoms with Gasteiger partial charge in [0.05, 0.1) is 13.7 Å². The molecule has 2 fully saturated rings. The summed E-state index contributed by atoms with van der Waals surface area (Å²) < 4.78 is 5.61. The summed E-state index contributed by atoms with van der Waals surface area (Å²) >= 11 is 0. The van der Waals surface area contributed by atoms with E-state index in [4.69, 9.17) is 9.84 Å². The van der Waals surface area contributed by atoms with E-state index in [2.05, 4.69) is 39.1 Å². The van der Waals surface area contributed by atoms with E-state index in [1.165, 1.54) is 12.8 Å². The third-order valence-corrected chi connectivity index (χ3v) is 8.63. The molecule has 5 nitrogen and oxygen atoms in total. The van der Waals surface area contributed by atoms with Crippen molar-refractivity contribution in [3.05, 3.63) is 29.8 Å². The maximum atomic E-state index is 13.3. The zero-order valence-electron chi connectivity index (χ0n) is 19.2. The molecule has 2 amide bonds. The molecule has 30 heavy (non-hydrogen) atoms. The second-order valence-electron chi connectivity index (χ2n) is 10.2. The van der Waals surface area contributed by atoms with Gasteiger partial charge in [-0.3, -0.25) is 0 Å². The number of para-hydroxylation sites is 1. The minimum absolute atomic E-state index is 0.0454. The van der Waals surface area contributed by atoms with Crippen molar-refractivity contribution in [2.24, 2.45) is 21.8 Å². The Morgan fingerprint density at radius 2 is 2.07 bits per heavy atom. The van der Waals surface area contributed by atoms with Crippen molar-refractivity contribution in [3.63, 3.8) is 0 Å². The summed E-state index contributed by atoms with van der Waals surface area (Å²) in [5.74, 6) is 1.68. The van der Waals surface area contributed by atoms with E-state index in [-0.39, 0.29) is 28.8 Å². The number of methoxy groups -OCH3 is 1. The van der Waals surface area contributed by atoms with Gasteiger partial charge in [-0.1, -0.05) is 52.3 Å². The molecule has 1 N–H and O–H groups in total. The Labute approximate surface area is 181 Å².